The number of aryl methyl sites for hydroxylation is 1. The number of carbonyl (C=O) groups excluding carboxylic acids is 2. The van der Waals surface area contributed by atoms with Crippen LogP contribution in [0.4, 0.5) is 0 Å². The monoisotopic (exact) mass is 278 g/mol. The van der Waals surface area contributed by atoms with E-state index in [1.54, 1.807) is 0 Å². The van der Waals surface area contributed by atoms with Crippen LogP contribution in [0.3, 0.4) is 0 Å². The number of H-pyrrole nitrogens is 1. The first-order valence-electron chi connectivity index (χ1n) is 7.51. The molecule has 4 heteroatoms. The Morgan fingerprint density at radius 2 is 1.67 bits per heavy atom. The fourth-order valence-corrected chi connectivity index (χ4v) is 4.13. The number of hydrogen-bond donors (Lipinski definition) is 2. The number of aromatic amines is 1. The van der Waals surface area contributed by atoms with E-state index in [0.29, 0.717) is 11.1 Å². The lowest BCUT2D eigenvalue weighted by Crippen LogP contribution is -2.26. The summed E-state index contributed by atoms with van der Waals surface area (Å²) in [6.07, 6.45) is 9.32. The van der Waals surface area contributed by atoms with Gasteiger partial charge in [0, 0.05) is 16.0 Å². The van der Waals surface area contributed by atoms with Crippen molar-refractivity contribution in [3.63, 3.8) is 0 Å². The molecule has 0 bridgehead atoms. The van der Waals surface area contributed by atoms with E-state index in [1.165, 1.54) is 5.56 Å². The third kappa shape index (κ3) is 1.25. The van der Waals surface area contributed by atoms with Crippen LogP contribution in [0.2, 0.25) is 0 Å². The molecule has 104 valence electrons. The second-order valence-corrected chi connectivity index (χ2v) is 6.03. The van der Waals surface area contributed by atoms with Gasteiger partial charge in [0.15, 0.2) is 0 Å². The van der Waals surface area contributed by atoms with Crippen LogP contribution in [-0.4, -0.2) is 16.8 Å². The van der Waals surface area contributed by atoms with Crippen molar-refractivity contribution in [3.05, 3.63) is 32.8 Å². The molecule has 0 radical (unpaired) electrons. The van der Waals surface area contributed by atoms with Gasteiger partial charge in [0.25, 0.3) is 11.8 Å². The van der Waals surface area contributed by atoms with Gasteiger partial charge in [0.2, 0.25) is 0 Å². The molecule has 0 saturated carbocycles. The SMILES string of the molecule is O=C1NC(=O)c2c1c1c(c3[nH]c4c(c23)=CCCC=4)CCC1. The van der Waals surface area contributed by atoms with Crippen LogP contribution in [0.5, 0.6) is 0 Å². The van der Waals surface area contributed by atoms with Crippen molar-refractivity contribution < 1.29 is 9.59 Å². The molecule has 0 saturated heterocycles. The van der Waals surface area contributed by atoms with Crippen molar-refractivity contribution in [2.45, 2.75) is 32.1 Å². The van der Waals surface area contributed by atoms with E-state index in [1.807, 2.05) is 0 Å². The van der Waals surface area contributed by atoms with Gasteiger partial charge in [-0.25, -0.2) is 0 Å². The number of aromatic nitrogens is 1. The van der Waals surface area contributed by atoms with Gasteiger partial charge in [-0.15, -0.1) is 0 Å². The molecule has 21 heavy (non-hydrogen) atoms. The molecule has 0 atom stereocenters. The predicted molar refractivity (Wildman–Crippen MR) is 79.5 cm³/mol. The summed E-state index contributed by atoms with van der Waals surface area (Å²) in [5, 5.41) is 5.65. The highest BCUT2D eigenvalue weighted by Crippen LogP contribution is 2.36. The van der Waals surface area contributed by atoms with Gasteiger partial charge < -0.3 is 4.98 Å². The molecule has 1 aliphatic heterocycles. The topological polar surface area (TPSA) is 62.0 Å². The first-order chi connectivity index (χ1) is 10.3. The molecule has 0 spiro atoms. The van der Waals surface area contributed by atoms with Gasteiger partial charge in [0.1, 0.15) is 0 Å². The molecule has 2 aliphatic carbocycles. The molecular weight excluding hydrogens is 264 g/mol. The lowest BCUT2D eigenvalue weighted by Gasteiger charge is -2.07. The summed E-state index contributed by atoms with van der Waals surface area (Å²) >= 11 is 0. The number of carbonyl (C=O) groups is 2. The number of benzene rings is 1. The summed E-state index contributed by atoms with van der Waals surface area (Å²) in [7, 11) is 0. The van der Waals surface area contributed by atoms with E-state index in [0.717, 1.165) is 59.1 Å². The van der Waals surface area contributed by atoms with Crippen LogP contribution >= 0.6 is 0 Å². The molecule has 1 aromatic carbocycles. The Labute approximate surface area is 120 Å². The van der Waals surface area contributed by atoms with Crippen molar-refractivity contribution in [1.82, 2.24) is 10.3 Å². The van der Waals surface area contributed by atoms with Crippen molar-refractivity contribution >= 4 is 34.9 Å². The average molecular weight is 278 g/mol. The quantitative estimate of drug-likeness (QED) is 0.703. The molecule has 2 heterocycles. The van der Waals surface area contributed by atoms with Gasteiger partial charge in [-0.2, -0.15) is 0 Å². The van der Waals surface area contributed by atoms with E-state index < -0.39 is 0 Å². The molecular formula is C17H14N2O2. The molecule has 2 amide bonds. The molecule has 4 nitrogen and oxygen atoms in total. The largest absolute Gasteiger partial charge is 0.355 e. The molecule has 2 N–H and O–H groups in total. The minimum absolute atomic E-state index is 0.218. The molecule has 5 rings (SSSR count). The van der Waals surface area contributed by atoms with Crippen molar-refractivity contribution in [2.75, 3.05) is 0 Å². The Morgan fingerprint density at radius 1 is 0.905 bits per heavy atom. The van der Waals surface area contributed by atoms with Gasteiger partial charge in [-0.1, -0.05) is 12.2 Å². The van der Waals surface area contributed by atoms with Crippen LogP contribution in [0.15, 0.2) is 0 Å². The van der Waals surface area contributed by atoms with Gasteiger partial charge in [-0.05, 0) is 43.2 Å². The second-order valence-electron chi connectivity index (χ2n) is 6.03. The lowest BCUT2D eigenvalue weighted by molar-refractivity contribution is 0.0880. The van der Waals surface area contributed by atoms with Crippen molar-refractivity contribution in [1.29, 1.82) is 0 Å². The van der Waals surface area contributed by atoms with E-state index in [-0.39, 0.29) is 11.8 Å². The number of imide groups is 1. The summed E-state index contributed by atoms with van der Waals surface area (Å²) in [5.74, 6) is -0.458. The fourth-order valence-electron chi connectivity index (χ4n) is 4.13. The maximum atomic E-state index is 12.3. The van der Waals surface area contributed by atoms with E-state index in [9.17, 15) is 9.59 Å². The Bertz CT molecular complexity index is 979. The summed E-state index contributed by atoms with van der Waals surface area (Å²) < 4.78 is 0. The zero-order valence-corrected chi connectivity index (χ0v) is 11.5. The van der Waals surface area contributed by atoms with Gasteiger partial charge in [0.05, 0.1) is 16.6 Å². The molecule has 1 aromatic heterocycles. The third-order valence-electron chi connectivity index (χ3n) is 4.94. The van der Waals surface area contributed by atoms with Crippen LogP contribution < -0.4 is 15.9 Å². The lowest BCUT2D eigenvalue weighted by atomic mass is 9.94. The third-order valence-corrected chi connectivity index (χ3v) is 4.94. The first-order valence-corrected chi connectivity index (χ1v) is 7.51. The fraction of sp³-hybridized carbons (Fsp3) is 0.294. The maximum absolute atomic E-state index is 12.3. The van der Waals surface area contributed by atoms with E-state index in [2.05, 4.69) is 22.5 Å². The second kappa shape index (κ2) is 3.64. The van der Waals surface area contributed by atoms with E-state index in [4.69, 9.17) is 0 Å². The predicted octanol–water partition coefficient (Wildman–Crippen LogP) is 0.895. The summed E-state index contributed by atoms with van der Waals surface area (Å²) in [6.45, 7) is 0. The minimum Gasteiger partial charge on any atom is -0.355 e. The Balaban J connectivity index is 2.11. The average Bonchev–Trinajstić information content (AvgIpc) is 3.14. The number of rotatable bonds is 0. The normalized spacial score (nSPS) is 18.9. The van der Waals surface area contributed by atoms with Crippen molar-refractivity contribution in [3.8, 4) is 0 Å². The highest BCUT2D eigenvalue weighted by atomic mass is 16.2. The maximum Gasteiger partial charge on any atom is 0.259 e. The highest BCUT2D eigenvalue weighted by molar-refractivity contribution is 6.27. The Morgan fingerprint density at radius 3 is 2.57 bits per heavy atom. The molecule has 2 aromatic rings. The van der Waals surface area contributed by atoms with Gasteiger partial charge in [-0.3, -0.25) is 14.9 Å². The minimum atomic E-state index is -0.240. The number of hydrogen-bond acceptors (Lipinski definition) is 2. The summed E-state index contributed by atoms with van der Waals surface area (Å²) in [5.41, 5.74) is 4.63. The zero-order chi connectivity index (χ0) is 14.1. The van der Waals surface area contributed by atoms with Crippen LogP contribution in [0.1, 0.15) is 51.1 Å². The zero-order valence-electron chi connectivity index (χ0n) is 11.5. The molecule has 3 aliphatic rings. The molecule has 0 fully saturated rings. The number of nitrogens with one attached hydrogen (secondary N) is 2. The number of amides is 2. The standard InChI is InChI=1S/C17H14N2O2/c20-16-13-8-5-3-6-9(8)15-12(14(13)17(21)19-16)10-4-1-2-7-11(10)18-15/h4,7,18H,1-3,5-6H2,(H,19,20,21). The van der Waals surface area contributed by atoms with Gasteiger partial charge >= 0.3 is 0 Å². The summed E-state index contributed by atoms with van der Waals surface area (Å²) in [6, 6.07) is 0. The number of fused-ring (bicyclic) bond motifs is 8. The Kier molecular flexibility index (Phi) is 1.96. The van der Waals surface area contributed by atoms with Crippen LogP contribution in [0.25, 0.3) is 23.1 Å². The van der Waals surface area contributed by atoms with E-state index >= 15 is 0 Å². The Hall–Kier alpha value is -2.36. The summed E-state index contributed by atoms with van der Waals surface area (Å²) in [4.78, 5) is 28.0. The smallest absolute Gasteiger partial charge is 0.259 e. The molecule has 0 unspecified atom stereocenters. The highest BCUT2D eigenvalue weighted by Gasteiger charge is 2.36. The first kappa shape index (κ1) is 11.3. The van der Waals surface area contributed by atoms with Crippen molar-refractivity contribution in [2.24, 2.45) is 0 Å². The van der Waals surface area contributed by atoms with Crippen LogP contribution in [0, 0.1) is 0 Å². The van der Waals surface area contributed by atoms with Crippen LogP contribution in [-0.2, 0) is 12.8 Å².